The van der Waals surface area contributed by atoms with Gasteiger partial charge in [0, 0.05) is 6.42 Å². The number of benzene rings is 1. The predicted octanol–water partition coefficient (Wildman–Crippen LogP) is 3.12. The van der Waals surface area contributed by atoms with Crippen molar-refractivity contribution in [2.24, 2.45) is 11.8 Å². The molecule has 1 aromatic rings. The van der Waals surface area contributed by atoms with Gasteiger partial charge in [-0.2, -0.15) is 0 Å². The SMILES string of the molecule is CC(C)C(CC(=O)O)Cc1ccc(F)cc1. The van der Waals surface area contributed by atoms with Crippen LogP contribution < -0.4 is 0 Å². The molecule has 0 aliphatic rings. The summed E-state index contributed by atoms with van der Waals surface area (Å²) >= 11 is 0. The summed E-state index contributed by atoms with van der Waals surface area (Å²) in [6, 6.07) is 6.25. The molecule has 16 heavy (non-hydrogen) atoms. The fraction of sp³-hybridized carbons (Fsp3) is 0.462. The van der Waals surface area contributed by atoms with Crippen LogP contribution in [0.25, 0.3) is 0 Å². The summed E-state index contributed by atoms with van der Waals surface area (Å²) < 4.78 is 12.7. The first-order valence-electron chi connectivity index (χ1n) is 5.45. The molecule has 0 saturated heterocycles. The lowest BCUT2D eigenvalue weighted by molar-refractivity contribution is -0.138. The van der Waals surface area contributed by atoms with Gasteiger partial charge in [-0.25, -0.2) is 4.39 Å². The van der Waals surface area contributed by atoms with Crippen molar-refractivity contribution in [3.63, 3.8) is 0 Å². The van der Waals surface area contributed by atoms with Crippen molar-refractivity contribution < 1.29 is 14.3 Å². The molecule has 88 valence electrons. The average Bonchev–Trinajstić information content (AvgIpc) is 2.19. The molecule has 0 amide bonds. The van der Waals surface area contributed by atoms with Gasteiger partial charge in [0.25, 0.3) is 0 Å². The predicted molar refractivity (Wildman–Crippen MR) is 60.7 cm³/mol. The largest absolute Gasteiger partial charge is 0.481 e. The molecule has 1 rings (SSSR count). The van der Waals surface area contributed by atoms with Crippen LogP contribution >= 0.6 is 0 Å². The molecule has 1 N–H and O–H groups in total. The van der Waals surface area contributed by atoms with Crippen molar-refractivity contribution in [2.75, 3.05) is 0 Å². The van der Waals surface area contributed by atoms with E-state index in [1.807, 2.05) is 13.8 Å². The van der Waals surface area contributed by atoms with E-state index in [0.717, 1.165) is 5.56 Å². The van der Waals surface area contributed by atoms with Gasteiger partial charge >= 0.3 is 5.97 Å². The lowest BCUT2D eigenvalue weighted by Gasteiger charge is -2.18. The summed E-state index contributed by atoms with van der Waals surface area (Å²) in [5.74, 6) is -0.631. The average molecular weight is 224 g/mol. The van der Waals surface area contributed by atoms with Gasteiger partial charge in [-0.05, 0) is 36.0 Å². The third-order valence-electron chi connectivity index (χ3n) is 2.79. The molecule has 1 atom stereocenters. The van der Waals surface area contributed by atoms with E-state index in [-0.39, 0.29) is 18.2 Å². The van der Waals surface area contributed by atoms with Crippen LogP contribution in [0.4, 0.5) is 4.39 Å². The van der Waals surface area contributed by atoms with Gasteiger partial charge < -0.3 is 5.11 Å². The number of carboxylic acid groups (broad SMARTS) is 1. The third kappa shape index (κ3) is 4.01. The van der Waals surface area contributed by atoms with Gasteiger partial charge in [0.15, 0.2) is 0 Å². The maximum absolute atomic E-state index is 12.7. The van der Waals surface area contributed by atoms with Crippen LogP contribution in [0.3, 0.4) is 0 Å². The molecule has 0 saturated carbocycles. The Balaban J connectivity index is 2.67. The molecule has 2 nitrogen and oxygen atoms in total. The van der Waals surface area contributed by atoms with Crippen LogP contribution in [-0.2, 0) is 11.2 Å². The highest BCUT2D eigenvalue weighted by molar-refractivity contribution is 5.67. The van der Waals surface area contributed by atoms with E-state index in [9.17, 15) is 9.18 Å². The van der Waals surface area contributed by atoms with Crippen molar-refractivity contribution in [2.45, 2.75) is 26.7 Å². The highest BCUT2D eigenvalue weighted by Crippen LogP contribution is 2.21. The normalized spacial score (nSPS) is 12.8. The Kier molecular flexibility index (Phi) is 4.47. The second-order valence-corrected chi connectivity index (χ2v) is 4.43. The number of carboxylic acids is 1. The van der Waals surface area contributed by atoms with Gasteiger partial charge in [0.1, 0.15) is 5.82 Å². The van der Waals surface area contributed by atoms with Crippen molar-refractivity contribution in [1.82, 2.24) is 0 Å². The Bertz CT molecular complexity index is 343. The number of aliphatic carboxylic acids is 1. The fourth-order valence-electron chi connectivity index (χ4n) is 1.69. The van der Waals surface area contributed by atoms with Crippen molar-refractivity contribution in [3.05, 3.63) is 35.6 Å². The van der Waals surface area contributed by atoms with Crippen LogP contribution in [-0.4, -0.2) is 11.1 Å². The first-order valence-corrected chi connectivity index (χ1v) is 5.45. The monoisotopic (exact) mass is 224 g/mol. The van der Waals surface area contributed by atoms with Gasteiger partial charge in [-0.15, -0.1) is 0 Å². The molecule has 0 aliphatic carbocycles. The first-order chi connectivity index (χ1) is 7.49. The molecule has 3 heteroatoms. The molecule has 1 aromatic carbocycles. The minimum atomic E-state index is -0.777. The maximum atomic E-state index is 12.7. The Morgan fingerprint density at radius 1 is 1.31 bits per heavy atom. The van der Waals surface area contributed by atoms with Crippen LogP contribution in [0.1, 0.15) is 25.8 Å². The molecule has 0 bridgehead atoms. The number of halogens is 1. The third-order valence-corrected chi connectivity index (χ3v) is 2.79. The zero-order chi connectivity index (χ0) is 12.1. The molecule has 0 aliphatic heterocycles. The van der Waals surface area contributed by atoms with E-state index in [0.29, 0.717) is 12.3 Å². The lowest BCUT2D eigenvalue weighted by atomic mass is 9.87. The molecular weight excluding hydrogens is 207 g/mol. The van der Waals surface area contributed by atoms with E-state index >= 15 is 0 Å². The summed E-state index contributed by atoms with van der Waals surface area (Å²) in [6.07, 6.45) is 0.847. The standard InChI is InChI=1S/C13H17FO2/c1-9(2)11(8-13(15)16)7-10-3-5-12(14)6-4-10/h3-6,9,11H,7-8H2,1-2H3,(H,15,16). The van der Waals surface area contributed by atoms with Crippen LogP contribution in [0.5, 0.6) is 0 Å². The van der Waals surface area contributed by atoms with Crippen molar-refractivity contribution >= 4 is 5.97 Å². The van der Waals surface area contributed by atoms with Crippen LogP contribution in [0.2, 0.25) is 0 Å². The van der Waals surface area contributed by atoms with E-state index in [4.69, 9.17) is 5.11 Å². The number of hydrogen-bond acceptors (Lipinski definition) is 1. The number of carbonyl (C=O) groups is 1. The van der Waals surface area contributed by atoms with Gasteiger partial charge in [-0.1, -0.05) is 26.0 Å². The minimum absolute atomic E-state index is 0.1000. The Labute approximate surface area is 95.1 Å². The maximum Gasteiger partial charge on any atom is 0.303 e. The highest BCUT2D eigenvalue weighted by atomic mass is 19.1. The van der Waals surface area contributed by atoms with Crippen LogP contribution in [0.15, 0.2) is 24.3 Å². The second kappa shape index (κ2) is 5.64. The van der Waals surface area contributed by atoms with Gasteiger partial charge in [-0.3, -0.25) is 4.79 Å². The Morgan fingerprint density at radius 3 is 2.31 bits per heavy atom. The molecular formula is C13H17FO2. The highest BCUT2D eigenvalue weighted by Gasteiger charge is 2.17. The second-order valence-electron chi connectivity index (χ2n) is 4.43. The molecule has 0 fully saturated rings. The van der Waals surface area contributed by atoms with E-state index in [2.05, 4.69) is 0 Å². The van der Waals surface area contributed by atoms with Crippen molar-refractivity contribution in [1.29, 1.82) is 0 Å². The zero-order valence-electron chi connectivity index (χ0n) is 9.61. The molecule has 0 radical (unpaired) electrons. The molecule has 1 unspecified atom stereocenters. The van der Waals surface area contributed by atoms with E-state index in [1.54, 1.807) is 12.1 Å². The Hall–Kier alpha value is -1.38. The van der Waals surface area contributed by atoms with E-state index < -0.39 is 5.97 Å². The Morgan fingerprint density at radius 2 is 1.88 bits per heavy atom. The summed E-state index contributed by atoms with van der Waals surface area (Å²) in [5.41, 5.74) is 0.987. The first kappa shape index (κ1) is 12.7. The van der Waals surface area contributed by atoms with Gasteiger partial charge in [0.2, 0.25) is 0 Å². The number of rotatable bonds is 5. The zero-order valence-corrected chi connectivity index (χ0v) is 9.61. The smallest absolute Gasteiger partial charge is 0.303 e. The quantitative estimate of drug-likeness (QED) is 0.834. The summed E-state index contributed by atoms with van der Waals surface area (Å²) in [7, 11) is 0. The fourth-order valence-corrected chi connectivity index (χ4v) is 1.69. The molecule has 0 aromatic heterocycles. The van der Waals surface area contributed by atoms with Gasteiger partial charge in [0.05, 0.1) is 0 Å². The summed E-state index contributed by atoms with van der Waals surface area (Å²) in [6.45, 7) is 4.02. The van der Waals surface area contributed by atoms with Crippen molar-refractivity contribution in [3.8, 4) is 0 Å². The molecule has 0 heterocycles. The lowest BCUT2D eigenvalue weighted by Crippen LogP contribution is -2.16. The minimum Gasteiger partial charge on any atom is -0.481 e. The topological polar surface area (TPSA) is 37.3 Å². The summed E-state index contributed by atoms with van der Waals surface area (Å²) in [5, 5.41) is 8.79. The molecule has 0 spiro atoms. The number of hydrogen-bond donors (Lipinski definition) is 1. The van der Waals surface area contributed by atoms with E-state index in [1.165, 1.54) is 12.1 Å². The van der Waals surface area contributed by atoms with Crippen LogP contribution in [0, 0.1) is 17.7 Å². The summed E-state index contributed by atoms with van der Waals surface area (Å²) in [4.78, 5) is 10.7.